The lowest BCUT2D eigenvalue weighted by Gasteiger charge is -2.19. The molecule has 14 heteroatoms. The van der Waals surface area contributed by atoms with Crippen molar-refractivity contribution in [1.82, 2.24) is 0 Å². The Bertz CT molecular complexity index is 1530. The van der Waals surface area contributed by atoms with E-state index in [9.17, 15) is 39.5 Å². The minimum absolute atomic E-state index is 0.432. The Morgan fingerprint density at radius 1 is 0.806 bits per heavy atom. The molecule has 5 nitrogen and oxygen atoms in total. The highest BCUT2D eigenvalue weighted by Gasteiger charge is 2.49. The molecule has 0 saturated heterocycles. The lowest BCUT2D eigenvalue weighted by Crippen LogP contribution is -2.36. The average molecular weight is 514 g/mol. The van der Waals surface area contributed by atoms with Crippen LogP contribution in [0.5, 0.6) is 0 Å². The van der Waals surface area contributed by atoms with Crippen molar-refractivity contribution in [1.29, 1.82) is 10.5 Å². The highest BCUT2D eigenvalue weighted by molar-refractivity contribution is 5.79. The lowest BCUT2D eigenvalue weighted by atomic mass is 9.92. The van der Waals surface area contributed by atoms with E-state index in [1.165, 1.54) is 12.1 Å². The van der Waals surface area contributed by atoms with Gasteiger partial charge in [-0.15, -0.1) is 13.2 Å². The van der Waals surface area contributed by atoms with Gasteiger partial charge in [0.25, 0.3) is 0 Å². The summed E-state index contributed by atoms with van der Waals surface area (Å²) in [6.45, 7) is 15.0. The standard InChI is InChI=1S/C22H7F9N4O/c1-8-10(19(34-2)35-3)4-12-14(8)16(20(23,24)25)13-5-11(9(6-32)7-33)18(36-22(29,30)31)15(13)17(12)21(26,27)28/h4-5H2,1H3. The lowest BCUT2D eigenvalue weighted by molar-refractivity contribution is -0.290. The molecule has 0 unspecified atom stereocenters. The molecule has 1 aromatic rings. The van der Waals surface area contributed by atoms with Crippen LogP contribution in [0, 0.1) is 35.8 Å². The van der Waals surface area contributed by atoms with Crippen molar-refractivity contribution in [2.24, 2.45) is 0 Å². The molecule has 0 bridgehead atoms. The molecule has 0 atom stereocenters. The summed E-state index contributed by atoms with van der Waals surface area (Å²) in [6.07, 6.45) is -18.9. The number of allylic oxidation sites excluding steroid dienone is 2. The molecular formula is C22H7F9N4O. The van der Waals surface area contributed by atoms with Crippen molar-refractivity contribution in [3.63, 3.8) is 0 Å². The zero-order chi connectivity index (χ0) is 27.4. The summed E-state index contributed by atoms with van der Waals surface area (Å²) in [5, 5.41) is 15.6. The summed E-state index contributed by atoms with van der Waals surface area (Å²) in [5.74, 6) is -2.53. The third-order valence-corrected chi connectivity index (χ3v) is 5.53. The van der Waals surface area contributed by atoms with E-state index in [2.05, 4.69) is 14.4 Å². The number of nitriles is 2. The summed E-state index contributed by atoms with van der Waals surface area (Å²) >= 11 is 0. The first kappa shape index (κ1) is 26.2. The van der Waals surface area contributed by atoms with Gasteiger partial charge in [-0.3, -0.25) is 0 Å². The summed E-state index contributed by atoms with van der Waals surface area (Å²) < 4.78 is 129. The fraction of sp³-hybridized carbons (Fsp3) is 0.273. The molecule has 0 radical (unpaired) electrons. The van der Waals surface area contributed by atoms with E-state index < -0.39 is 98.1 Å². The summed E-state index contributed by atoms with van der Waals surface area (Å²) in [4.78, 5) is 5.68. The maximum absolute atomic E-state index is 14.3. The third kappa shape index (κ3) is 4.12. The zero-order valence-electron chi connectivity index (χ0n) is 17.5. The molecule has 2 aliphatic rings. The van der Waals surface area contributed by atoms with Crippen molar-refractivity contribution in [3.8, 4) is 12.1 Å². The van der Waals surface area contributed by atoms with E-state index in [0.717, 1.165) is 6.92 Å². The van der Waals surface area contributed by atoms with Crippen LogP contribution in [0.15, 0.2) is 22.5 Å². The van der Waals surface area contributed by atoms with Gasteiger partial charge in [0.2, 0.25) is 0 Å². The minimum Gasteiger partial charge on any atom is -0.405 e. The number of ether oxygens (including phenoxy) is 1. The van der Waals surface area contributed by atoms with Crippen LogP contribution in [0.1, 0.15) is 29.2 Å². The van der Waals surface area contributed by atoms with Gasteiger partial charge in [0, 0.05) is 17.2 Å². The highest BCUT2D eigenvalue weighted by atomic mass is 19.4. The van der Waals surface area contributed by atoms with E-state index >= 15 is 0 Å². The first-order valence-corrected chi connectivity index (χ1v) is 9.36. The minimum atomic E-state index is -5.69. The van der Waals surface area contributed by atoms with Crippen LogP contribution in [0.3, 0.4) is 0 Å². The molecule has 0 amide bonds. The quantitative estimate of drug-likeness (QED) is 0.300. The van der Waals surface area contributed by atoms with Crippen molar-refractivity contribution < 1.29 is 44.3 Å². The van der Waals surface area contributed by atoms with Gasteiger partial charge in [-0.1, -0.05) is 0 Å². The second kappa shape index (κ2) is 8.35. The molecule has 2 aliphatic carbocycles. The van der Waals surface area contributed by atoms with Crippen molar-refractivity contribution in [3.05, 3.63) is 78.1 Å². The Morgan fingerprint density at radius 2 is 1.25 bits per heavy atom. The zero-order valence-corrected chi connectivity index (χ0v) is 17.5. The smallest absolute Gasteiger partial charge is 0.405 e. The first-order chi connectivity index (χ1) is 16.5. The van der Waals surface area contributed by atoms with Crippen LogP contribution in [0.4, 0.5) is 39.5 Å². The Morgan fingerprint density at radius 3 is 1.67 bits per heavy atom. The number of halogens is 9. The van der Waals surface area contributed by atoms with Crippen LogP contribution in [0.25, 0.3) is 21.0 Å². The number of nitrogens with zero attached hydrogens (tertiary/aromatic N) is 4. The molecule has 0 fully saturated rings. The average Bonchev–Trinajstić information content (AvgIpc) is 3.24. The van der Waals surface area contributed by atoms with E-state index in [1.807, 2.05) is 0 Å². The fourth-order valence-electron chi connectivity index (χ4n) is 4.36. The monoisotopic (exact) mass is 514 g/mol. The topological polar surface area (TPSA) is 65.5 Å². The molecule has 0 saturated carbocycles. The molecule has 3 rings (SSSR count). The van der Waals surface area contributed by atoms with Gasteiger partial charge in [-0.25, -0.2) is 0 Å². The molecule has 0 aromatic heterocycles. The maximum atomic E-state index is 14.3. The van der Waals surface area contributed by atoms with Crippen LogP contribution in [-0.4, -0.2) is 6.36 Å². The largest absolute Gasteiger partial charge is 0.573 e. The Balaban J connectivity index is 2.79. The predicted molar refractivity (Wildman–Crippen MR) is 101 cm³/mol. The summed E-state index contributed by atoms with van der Waals surface area (Å²) in [7, 11) is 0. The van der Waals surface area contributed by atoms with Gasteiger partial charge in [-0.2, -0.15) is 46.6 Å². The van der Waals surface area contributed by atoms with Crippen LogP contribution >= 0.6 is 0 Å². The summed E-state index contributed by atoms with van der Waals surface area (Å²) in [5.41, 5.74) is -9.11. The number of hydrogen-bond acceptors (Lipinski definition) is 3. The maximum Gasteiger partial charge on any atom is 0.573 e. The normalized spacial score (nSPS) is 14.9. The van der Waals surface area contributed by atoms with Crippen LogP contribution in [-0.2, 0) is 29.9 Å². The van der Waals surface area contributed by atoms with Gasteiger partial charge in [0.15, 0.2) is 0 Å². The van der Waals surface area contributed by atoms with Gasteiger partial charge in [0.1, 0.15) is 36.6 Å². The van der Waals surface area contributed by atoms with Crippen LogP contribution in [0.2, 0.25) is 0 Å². The number of hydrogen-bond donors (Lipinski definition) is 0. The van der Waals surface area contributed by atoms with Gasteiger partial charge in [-0.05, 0) is 35.3 Å². The molecule has 184 valence electrons. The molecule has 36 heavy (non-hydrogen) atoms. The number of benzene rings is 1. The van der Waals surface area contributed by atoms with Crippen LogP contribution < -0.4 is 10.4 Å². The molecule has 0 spiro atoms. The number of rotatable bonds is 1. The molecule has 1 aromatic carbocycles. The fourth-order valence-corrected chi connectivity index (χ4v) is 4.36. The van der Waals surface area contributed by atoms with E-state index in [0.29, 0.717) is 0 Å². The van der Waals surface area contributed by atoms with Gasteiger partial charge < -0.3 is 4.74 Å². The van der Waals surface area contributed by atoms with Crippen molar-refractivity contribution >= 4 is 11.3 Å². The highest BCUT2D eigenvalue weighted by Crippen LogP contribution is 2.43. The third-order valence-electron chi connectivity index (χ3n) is 5.53. The van der Waals surface area contributed by atoms with E-state index in [4.69, 9.17) is 23.7 Å². The van der Waals surface area contributed by atoms with E-state index in [-0.39, 0.29) is 0 Å². The Kier molecular flexibility index (Phi) is 6.07. The van der Waals surface area contributed by atoms with Gasteiger partial charge >= 0.3 is 24.5 Å². The molecular weight excluding hydrogens is 507 g/mol. The second-order valence-electron chi connectivity index (χ2n) is 7.41. The number of fused-ring (bicyclic) bond motifs is 2. The SMILES string of the molecule is [C-]#[N+]C([N+]#[C-])=C1Cc2c(C(F)(F)F)c3c(c(C(F)(F)F)c2=C1C)CC(=C(C#N)C#N)C=3OC(F)(F)F. The van der Waals surface area contributed by atoms with Crippen molar-refractivity contribution in [2.75, 3.05) is 0 Å². The summed E-state index contributed by atoms with van der Waals surface area (Å²) in [6, 6.07) is 2.35. The molecule has 0 N–H and O–H groups in total. The Labute approximate surface area is 195 Å². The molecule has 0 aliphatic heterocycles. The second-order valence-corrected chi connectivity index (χ2v) is 7.41. The van der Waals surface area contributed by atoms with E-state index in [1.54, 1.807) is 0 Å². The number of alkyl halides is 9. The first-order valence-electron chi connectivity index (χ1n) is 9.36. The Hall–Kier alpha value is -4.43. The predicted octanol–water partition coefficient (Wildman–Crippen LogP) is 5.05. The molecule has 0 heterocycles. The van der Waals surface area contributed by atoms with Crippen molar-refractivity contribution in [2.45, 2.75) is 38.5 Å². The van der Waals surface area contributed by atoms with Gasteiger partial charge in [0.05, 0.1) is 16.7 Å².